The van der Waals surface area contributed by atoms with Crippen molar-refractivity contribution in [2.24, 2.45) is 0 Å². The van der Waals surface area contributed by atoms with Crippen molar-refractivity contribution >= 4 is 43.3 Å². The van der Waals surface area contributed by atoms with Crippen LogP contribution in [-0.2, 0) is 5.41 Å². The number of hydrogen-bond acceptors (Lipinski definition) is 2. The molecule has 0 spiro atoms. The molecule has 0 unspecified atom stereocenters. The van der Waals surface area contributed by atoms with E-state index in [0.717, 1.165) is 49.3 Å². The van der Waals surface area contributed by atoms with Crippen LogP contribution in [-0.4, -0.2) is 14.5 Å². The van der Waals surface area contributed by atoms with Crippen LogP contribution in [0.2, 0.25) is 0 Å². The Bertz CT molecular complexity index is 2380. The first-order valence-electron chi connectivity index (χ1n) is 15.6. The summed E-state index contributed by atoms with van der Waals surface area (Å²) in [4.78, 5) is 10.4. The van der Waals surface area contributed by atoms with Gasteiger partial charge < -0.3 is 4.57 Å². The molecule has 5 aromatic carbocycles. The van der Waals surface area contributed by atoms with Crippen molar-refractivity contribution in [2.75, 3.05) is 0 Å². The lowest BCUT2D eigenvalue weighted by molar-refractivity contribution is 0.661. The fraction of sp³-hybridized carbons (Fsp3) is 0.0952. The number of fused-ring (bicyclic) bond motifs is 6. The number of halogens is 1. The summed E-state index contributed by atoms with van der Waals surface area (Å²) in [5.41, 5.74) is 13.3. The van der Waals surface area contributed by atoms with E-state index in [1.807, 2.05) is 24.3 Å². The van der Waals surface area contributed by atoms with Crippen LogP contribution < -0.4 is 0 Å². The number of aromatic nitrogens is 3. The Hall–Kier alpha value is -5.06. The van der Waals surface area contributed by atoms with Crippen LogP contribution in [0.25, 0.3) is 66.8 Å². The van der Waals surface area contributed by atoms with E-state index in [1.165, 1.54) is 33.0 Å². The minimum Gasteiger partial charge on any atom is -0.307 e. The lowest BCUT2D eigenvalue weighted by atomic mass is 9.82. The molecule has 4 heteroatoms. The third-order valence-electron chi connectivity index (χ3n) is 9.39. The van der Waals surface area contributed by atoms with Crippen molar-refractivity contribution in [3.63, 3.8) is 0 Å². The van der Waals surface area contributed by atoms with Gasteiger partial charge in [0.15, 0.2) is 5.82 Å². The van der Waals surface area contributed by atoms with Crippen molar-refractivity contribution in [1.29, 1.82) is 0 Å². The molecule has 0 bridgehead atoms. The number of allylic oxidation sites excluding steroid dienone is 3. The van der Waals surface area contributed by atoms with E-state index in [0.29, 0.717) is 5.82 Å². The molecule has 0 radical (unpaired) electrons. The first kappa shape index (κ1) is 28.4. The fourth-order valence-corrected chi connectivity index (χ4v) is 7.66. The van der Waals surface area contributed by atoms with E-state index in [-0.39, 0.29) is 5.41 Å². The monoisotopic (exact) mass is 657 g/mol. The lowest BCUT2D eigenvalue weighted by Crippen LogP contribution is -2.15. The van der Waals surface area contributed by atoms with E-state index in [2.05, 4.69) is 145 Å². The predicted molar refractivity (Wildman–Crippen MR) is 196 cm³/mol. The summed E-state index contributed by atoms with van der Waals surface area (Å²) in [7, 11) is 0. The summed E-state index contributed by atoms with van der Waals surface area (Å²) in [5, 5.41) is 2.45. The molecule has 1 aliphatic rings. The number of benzene rings is 5. The van der Waals surface area contributed by atoms with Gasteiger partial charge in [-0.15, -0.1) is 0 Å². The molecule has 7 aromatic rings. The second kappa shape index (κ2) is 10.8. The van der Waals surface area contributed by atoms with E-state index < -0.39 is 0 Å². The van der Waals surface area contributed by atoms with Crippen LogP contribution in [0.4, 0.5) is 0 Å². The van der Waals surface area contributed by atoms with Gasteiger partial charge in [-0.25, -0.2) is 9.97 Å². The number of para-hydroxylation sites is 2. The molecule has 46 heavy (non-hydrogen) atoms. The number of nitrogens with zero attached hydrogens (tertiary/aromatic N) is 3. The lowest BCUT2D eigenvalue weighted by Gasteiger charge is -2.22. The summed E-state index contributed by atoms with van der Waals surface area (Å²) < 4.78 is 3.37. The Morgan fingerprint density at radius 1 is 0.717 bits per heavy atom. The van der Waals surface area contributed by atoms with Crippen LogP contribution in [0, 0.1) is 0 Å². The van der Waals surface area contributed by atoms with Gasteiger partial charge >= 0.3 is 0 Å². The second-order valence-corrected chi connectivity index (χ2v) is 13.3. The van der Waals surface area contributed by atoms with Crippen molar-refractivity contribution < 1.29 is 0 Å². The van der Waals surface area contributed by atoms with Gasteiger partial charge in [-0.2, -0.15) is 0 Å². The van der Waals surface area contributed by atoms with E-state index in [4.69, 9.17) is 9.97 Å². The predicted octanol–water partition coefficient (Wildman–Crippen LogP) is 11.6. The van der Waals surface area contributed by atoms with E-state index in [9.17, 15) is 0 Å². The molecule has 2 aromatic heterocycles. The molecule has 222 valence electrons. The molecule has 1 aliphatic carbocycles. The molecule has 0 aliphatic heterocycles. The Labute approximate surface area is 277 Å². The maximum atomic E-state index is 5.20. The van der Waals surface area contributed by atoms with Crippen LogP contribution >= 0.6 is 15.9 Å². The van der Waals surface area contributed by atoms with Gasteiger partial charge in [-0.1, -0.05) is 111 Å². The number of hydrogen-bond donors (Lipinski definition) is 0. The molecule has 0 amide bonds. The highest BCUT2D eigenvalue weighted by Crippen LogP contribution is 2.51. The van der Waals surface area contributed by atoms with Crippen molar-refractivity contribution in [3.05, 3.63) is 155 Å². The summed E-state index contributed by atoms with van der Waals surface area (Å²) in [6, 6.07) is 41.0. The zero-order valence-corrected chi connectivity index (χ0v) is 27.6. The van der Waals surface area contributed by atoms with Crippen LogP contribution in [0.1, 0.15) is 37.6 Å². The van der Waals surface area contributed by atoms with Gasteiger partial charge in [-0.3, -0.25) is 0 Å². The van der Waals surface area contributed by atoms with Gasteiger partial charge in [-0.05, 0) is 87.1 Å². The average molecular weight is 659 g/mol. The summed E-state index contributed by atoms with van der Waals surface area (Å²) >= 11 is 3.98. The van der Waals surface area contributed by atoms with Gasteiger partial charge in [0.25, 0.3) is 0 Å². The highest BCUT2D eigenvalue weighted by molar-refractivity contribution is 9.10. The van der Waals surface area contributed by atoms with Crippen molar-refractivity contribution in [3.8, 4) is 39.5 Å². The topological polar surface area (TPSA) is 30.7 Å². The smallest absolute Gasteiger partial charge is 0.162 e. The molecule has 8 rings (SSSR count). The third kappa shape index (κ3) is 4.32. The zero-order chi connectivity index (χ0) is 31.6. The Kier molecular flexibility index (Phi) is 6.66. The highest BCUT2D eigenvalue weighted by atomic mass is 79.9. The summed E-state index contributed by atoms with van der Waals surface area (Å²) in [6.07, 6.45) is 3.80. The van der Waals surface area contributed by atoms with Crippen LogP contribution in [0.5, 0.6) is 0 Å². The molecular formula is C42H32BrN3. The maximum absolute atomic E-state index is 5.20. The SMILES string of the molecule is C=C/C=C(\C)c1cc(-c2ccccc2)nc(-c2cccc(Br)c2-n2c3ccccc3c3cc4c(cc32)C(C)(C)c2ccccc2-4)n1. The molecule has 3 nitrogen and oxygen atoms in total. The highest BCUT2D eigenvalue weighted by Gasteiger charge is 2.36. The first-order chi connectivity index (χ1) is 22.4. The van der Waals surface area contributed by atoms with Gasteiger partial charge in [0.1, 0.15) is 0 Å². The molecule has 0 atom stereocenters. The van der Waals surface area contributed by atoms with Crippen molar-refractivity contribution in [1.82, 2.24) is 14.5 Å². The molecule has 0 fully saturated rings. The number of rotatable bonds is 5. The minimum atomic E-state index is -0.116. The normalized spacial score (nSPS) is 13.6. The van der Waals surface area contributed by atoms with Gasteiger partial charge in [0.2, 0.25) is 0 Å². The molecule has 0 saturated heterocycles. The van der Waals surface area contributed by atoms with E-state index in [1.54, 1.807) is 6.08 Å². The summed E-state index contributed by atoms with van der Waals surface area (Å²) in [5.74, 6) is 0.671. The molecular weight excluding hydrogens is 626 g/mol. The standard InChI is InChI=1S/C42H32BrN3/c1-5-14-26(2)36-25-37(27-15-7-6-8-16-27)45-41(44-36)30-19-13-21-35(43)40(30)46-38-22-12-10-18-29(38)32-23-31-28-17-9-11-20-33(28)42(3,4)34(31)24-39(32)46/h5-25H,1H2,2-4H3/b26-14+. The van der Waals surface area contributed by atoms with E-state index >= 15 is 0 Å². The minimum absolute atomic E-state index is 0.116. The van der Waals surface area contributed by atoms with Crippen molar-refractivity contribution in [2.45, 2.75) is 26.2 Å². The summed E-state index contributed by atoms with van der Waals surface area (Å²) in [6.45, 7) is 10.7. The molecule has 2 heterocycles. The second-order valence-electron chi connectivity index (χ2n) is 12.5. The Morgan fingerprint density at radius 3 is 2.28 bits per heavy atom. The molecule has 0 N–H and O–H groups in total. The third-order valence-corrected chi connectivity index (χ3v) is 10.0. The Balaban J connectivity index is 1.45. The quantitative estimate of drug-likeness (QED) is 0.172. The van der Waals surface area contributed by atoms with Crippen LogP contribution in [0.3, 0.4) is 0 Å². The largest absolute Gasteiger partial charge is 0.307 e. The zero-order valence-electron chi connectivity index (χ0n) is 26.1. The maximum Gasteiger partial charge on any atom is 0.162 e. The molecule has 0 saturated carbocycles. The van der Waals surface area contributed by atoms with Gasteiger partial charge in [0.05, 0.1) is 28.1 Å². The fourth-order valence-electron chi connectivity index (χ4n) is 7.12. The van der Waals surface area contributed by atoms with Gasteiger partial charge in [0, 0.05) is 31.8 Å². The average Bonchev–Trinajstić information content (AvgIpc) is 3.52. The van der Waals surface area contributed by atoms with Crippen LogP contribution in [0.15, 0.2) is 138 Å². The first-order valence-corrected chi connectivity index (χ1v) is 16.4. The Morgan fingerprint density at radius 2 is 1.46 bits per heavy atom.